The van der Waals surface area contributed by atoms with Crippen LogP contribution in [0.1, 0.15) is 60.5 Å². The van der Waals surface area contributed by atoms with Gasteiger partial charge in [0.1, 0.15) is 5.00 Å². The Morgan fingerprint density at radius 3 is 2.77 bits per heavy atom. The average molecular weight is 369 g/mol. The molecule has 0 bridgehead atoms. The van der Waals surface area contributed by atoms with Crippen LogP contribution in [-0.4, -0.2) is 18.5 Å². The van der Waals surface area contributed by atoms with Crippen LogP contribution < -0.4 is 5.32 Å². The first-order chi connectivity index (χ1) is 12.7. The fourth-order valence-electron chi connectivity index (χ4n) is 4.10. The molecule has 4 nitrogen and oxygen atoms in total. The molecule has 2 aliphatic carbocycles. The summed E-state index contributed by atoms with van der Waals surface area (Å²) in [5, 5.41) is 3.66. The normalized spacial score (nSPS) is 15.6. The molecule has 26 heavy (non-hydrogen) atoms. The molecule has 1 amide bonds. The van der Waals surface area contributed by atoms with Crippen LogP contribution in [0.4, 0.5) is 5.00 Å². The molecular weight excluding hydrogens is 346 g/mol. The van der Waals surface area contributed by atoms with E-state index in [4.69, 9.17) is 4.74 Å². The second-order valence-electron chi connectivity index (χ2n) is 7.07. The second kappa shape index (κ2) is 7.23. The number of rotatable bonds is 5. The van der Waals surface area contributed by atoms with E-state index in [9.17, 15) is 9.59 Å². The monoisotopic (exact) mass is 369 g/mol. The summed E-state index contributed by atoms with van der Waals surface area (Å²) in [5.74, 6) is 0.151. The number of anilines is 1. The maximum atomic E-state index is 12.6. The van der Waals surface area contributed by atoms with Crippen molar-refractivity contribution in [1.82, 2.24) is 0 Å². The predicted octanol–water partition coefficient (Wildman–Crippen LogP) is 5.01. The quantitative estimate of drug-likeness (QED) is 0.643. The van der Waals surface area contributed by atoms with Gasteiger partial charge in [-0.1, -0.05) is 37.1 Å². The van der Waals surface area contributed by atoms with Gasteiger partial charge in [-0.3, -0.25) is 4.79 Å². The number of esters is 1. The number of hydrogen-bond acceptors (Lipinski definition) is 4. The molecule has 4 rings (SSSR count). The molecule has 0 saturated heterocycles. The largest absolute Gasteiger partial charge is 0.462 e. The molecule has 1 aromatic heterocycles. The van der Waals surface area contributed by atoms with Gasteiger partial charge in [-0.15, -0.1) is 11.3 Å². The number of hydrogen-bond donors (Lipinski definition) is 1. The van der Waals surface area contributed by atoms with E-state index in [1.54, 1.807) is 6.92 Å². The SMILES string of the molecule is CCOC(=O)c1c(NC(=O)CC2CCCC2)sc2c1Cc1ccccc1-2. The Labute approximate surface area is 157 Å². The standard InChI is InChI=1S/C21H23NO3S/c1-2-25-21(24)18-16-12-14-9-5-6-10-15(14)19(16)26-20(18)22-17(23)11-13-7-3-4-8-13/h5-6,9-10,13H,2-4,7-8,11-12H2,1H3,(H,22,23). The summed E-state index contributed by atoms with van der Waals surface area (Å²) in [7, 11) is 0. The molecule has 0 spiro atoms. The Kier molecular flexibility index (Phi) is 4.81. The number of fused-ring (bicyclic) bond motifs is 3. The number of amides is 1. The summed E-state index contributed by atoms with van der Waals surface area (Å²) in [5.41, 5.74) is 3.92. The first kappa shape index (κ1) is 17.3. The van der Waals surface area contributed by atoms with Crippen molar-refractivity contribution in [3.63, 3.8) is 0 Å². The van der Waals surface area contributed by atoms with Gasteiger partial charge in [0.05, 0.1) is 12.2 Å². The van der Waals surface area contributed by atoms with E-state index in [-0.39, 0.29) is 11.9 Å². The number of nitrogens with one attached hydrogen (secondary N) is 1. The maximum absolute atomic E-state index is 12.6. The summed E-state index contributed by atoms with van der Waals surface area (Å²) in [6, 6.07) is 8.20. The zero-order valence-corrected chi connectivity index (χ0v) is 15.8. The first-order valence-electron chi connectivity index (χ1n) is 9.38. The molecule has 0 unspecified atom stereocenters. The van der Waals surface area contributed by atoms with Crippen LogP contribution in [0.3, 0.4) is 0 Å². The van der Waals surface area contributed by atoms with Gasteiger partial charge < -0.3 is 10.1 Å². The van der Waals surface area contributed by atoms with Crippen LogP contribution in [0.2, 0.25) is 0 Å². The van der Waals surface area contributed by atoms with E-state index < -0.39 is 0 Å². The lowest BCUT2D eigenvalue weighted by Gasteiger charge is -2.11. The van der Waals surface area contributed by atoms with Crippen molar-refractivity contribution in [2.45, 2.75) is 45.4 Å². The number of benzene rings is 1. The van der Waals surface area contributed by atoms with E-state index in [2.05, 4.69) is 17.4 Å². The molecule has 1 saturated carbocycles. The van der Waals surface area contributed by atoms with Crippen molar-refractivity contribution in [2.75, 3.05) is 11.9 Å². The van der Waals surface area contributed by atoms with E-state index >= 15 is 0 Å². The van der Waals surface area contributed by atoms with Gasteiger partial charge in [-0.05, 0) is 42.4 Å². The third-order valence-electron chi connectivity index (χ3n) is 5.32. The van der Waals surface area contributed by atoms with Crippen LogP contribution >= 0.6 is 11.3 Å². The molecule has 2 aliphatic rings. The number of thiophene rings is 1. The molecule has 2 aromatic rings. The summed E-state index contributed by atoms with van der Waals surface area (Å²) >= 11 is 1.50. The summed E-state index contributed by atoms with van der Waals surface area (Å²) in [4.78, 5) is 26.2. The van der Waals surface area contributed by atoms with Gasteiger partial charge in [-0.2, -0.15) is 0 Å². The van der Waals surface area contributed by atoms with E-state index in [0.29, 0.717) is 35.9 Å². The highest BCUT2D eigenvalue weighted by Gasteiger charge is 2.31. The fourth-order valence-corrected chi connectivity index (χ4v) is 5.38. The maximum Gasteiger partial charge on any atom is 0.341 e. The van der Waals surface area contributed by atoms with Crippen molar-refractivity contribution >= 4 is 28.2 Å². The highest BCUT2D eigenvalue weighted by Crippen LogP contribution is 2.47. The van der Waals surface area contributed by atoms with E-state index in [0.717, 1.165) is 28.8 Å². The van der Waals surface area contributed by atoms with Gasteiger partial charge in [0.15, 0.2) is 0 Å². The Bertz CT molecular complexity index is 849. The molecule has 5 heteroatoms. The van der Waals surface area contributed by atoms with Gasteiger partial charge >= 0.3 is 5.97 Å². The van der Waals surface area contributed by atoms with Gasteiger partial charge in [0.2, 0.25) is 5.91 Å². The minimum atomic E-state index is -0.339. The van der Waals surface area contributed by atoms with Crippen molar-refractivity contribution in [3.8, 4) is 10.4 Å². The zero-order chi connectivity index (χ0) is 18.1. The molecule has 0 aliphatic heterocycles. The summed E-state index contributed by atoms with van der Waals surface area (Å²) in [6.45, 7) is 2.13. The number of ether oxygens (including phenoxy) is 1. The molecule has 136 valence electrons. The number of carbonyl (C=O) groups excluding carboxylic acids is 2. The lowest BCUT2D eigenvalue weighted by Crippen LogP contribution is -2.17. The topological polar surface area (TPSA) is 55.4 Å². The third-order valence-corrected chi connectivity index (χ3v) is 6.50. The van der Waals surface area contributed by atoms with Crippen LogP contribution in [-0.2, 0) is 16.0 Å². The lowest BCUT2D eigenvalue weighted by atomic mass is 10.0. The highest BCUT2D eigenvalue weighted by atomic mass is 32.1. The first-order valence-corrected chi connectivity index (χ1v) is 10.2. The molecule has 0 radical (unpaired) electrons. The lowest BCUT2D eigenvalue weighted by molar-refractivity contribution is -0.117. The van der Waals surface area contributed by atoms with Crippen molar-refractivity contribution < 1.29 is 14.3 Å². The van der Waals surface area contributed by atoms with E-state index in [1.807, 2.05) is 12.1 Å². The third kappa shape index (κ3) is 3.16. The highest BCUT2D eigenvalue weighted by molar-refractivity contribution is 7.20. The molecule has 1 aromatic carbocycles. The summed E-state index contributed by atoms with van der Waals surface area (Å²) < 4.78 is 5.28. The van der Waals surface area contributed by atoms with Crippen molar-refractivity contribution in [3.05, 3.63) is 41.0 Å². The Morgan fingerprint density at radius 2 is 2.00 bits per heavy atom. The van der Waals surface area contributed by atoms with Gasteiger partial charge in [0.25, 0.3) is 0 Å². The number of carbonyl (C=O) groups is 2. The molecule has 1 fully saturated rings. The molecule has 1 heterocycles. The Balaban J connectivity index is 1.64. The minimum absolute atomic E-state index is 0.00987. The second-order valence-corrected chi connectivity index (χ2v) is 8.09. The van der Waals surface area contributed by atoms with Crippen LogP contribution in [0, 0.1) is 5.92 Å². The van der Waals surface area contributed by atoms with Crippen LogP contribution in [0.25, 0.3) is 10.4 Å². The van der Waals surface area contributed by atoms with Gasteiger partial charge in [0, 0.05) is 17.7 Å². The van der Waals surface area contributed by atoms with Crippen molar-refractivity contribution in [2.24, 2.45) is 5.92 Å². The zero-order valence-electron chi connectivity index (χ0n) is 15.0. The molecular formula is C21H23NO3S. The predicted molar refractivity (Wildman–Crippen MR) is 104 cm³/mol. The van der Waals surface area contributed by atoms with Crippen LogP contribution in [0.5, 0.6) is 0 Å². The summed E-state index contributed by atoms with van der Waals surface area (Å²) in [6.07, 6.45) is 5.96. The van der Waals surface area contributed by atoms with Crippen LogP contribution in [0.15, 0.2) is 24.3 Å². The fraction of sp³-hybridized carbons (Fsp3) is 0.429. The van der Waals surface area contributed by atoms with E-state index in [1.165, 1.54) is 29.7 Å². The smallest absolute Gasteiger partial charge is 0.341 e. The Morgan fingerprint density at radius 1 is 1.23 bits per heavy atom. The average Bonchev–Trinajstić information content (AvgIpc) is 3.30. The minimum Gasteiger partial charge on any atom is -0.462 e. The molecule has 0 atom stereocenters. The van der Waals surface area contributed by atoms with Crippen molar-refractivity contribution in [1.29, 1.82) is 0 Å². The van der Waals surface area contributed by atoms with Gasteiger partial charge in [-0.25, -0.2) is 4.79 Å². The Hall–Kier alpha value is -2.14. The molecule has 1 N–H and O–H groups in total.